The van der Waals surface area contributed by atoms with Gasteiger partial charge >= 0.3 is 0 Å². The molecule has 0 amide bonds. The quantitative estimate of drug-likeness (QED) is 0.375. The molecule has 4 nitrogen and oxygen atoms in total. The lowest BCUT2D eigenvalue weighted by Gasteiger charge is -2.19. The Hall–Kier alpha value is -2.30. The molecule has 142 valence electrons. The van der Waals surface area contributed by atoms with E-state index < -0.39 is 0 Å². The lowest BCUT2D eigenvalue weighted by atomic mass is 9.89. The van der Waals surface area contributed by atoms with Gasteiger partial charge in [-0.3, -0.25) is 0 Å². The van der Waals surface area contributed by atoms with Crippen LogP contribution in [0.3, 0.4) is 0 Å². The van der Waals surface area contributed by atoms with E-state index in [-0.39, 0.29) is 0 Å². The number of anilines is 2. The third-order valence-corrected chi connectivity index (χ3v) is 6.07. The molecule has 2 N–H and O–H groups in total. The normalized spacial score (nSPS) is 15.4. The monoisotopic (exact) mass is 410 g/mol. The van der Waals surface area contributed by atoms with Crippen LogP contribution in [0.1, 0.15) is 43.8 Å². The van der Waals surface area contributed by atoms with Gasteiger partial charge in [-0.2, -0.15) is 0 Å². The Morgan fingerprint density at radius 1 is 0.964 bits per heavy atom. The van der Waals surface area contributed by atoms with Crippen molar-refractivity contribution in [3.63, 3.8) is 0 Å². The largest absolute Gasteiger partial charge is 0.339 e. The molecule has 1 aliphatic carbocycles. The molecule has 1 fully saturated rings. The molecule has 0 aliphatic heterocycles. The number of hydrogen-bond acceptors (Lipinski definition) is 3. The van der Waals surface area contributed by atoms with Crippen molar-refractivity contribution >= 4 is 56.6 Å². The number of hydrogen-bond donors (Lipinski definition) is 2. The number of nitrogens with one attached hydrogen (secondary N) is 2. The zero-order chi connectivity index (χ0) is 19.1. The number of aromatic amines is 1. The van der Waals surface area contributed by atoms with Crippen LogP contribution in [-0.4, -0.2) is 15.0 Å². The summed E-state index contributed by atoms with van der Waals surface area (Å²) >= 11 is 12.4. The second-order valence-corrected chi connectivity index (χ2v) is 8.25. The maximum absolute atomic E-state index is 6.38. The molecule has 2 heterocycles. The number of pyridine rings is 1. The van der Waals surface area contributed by atoms with Gasteiger partial charge in [-0.25, -0.2) is 9.97 Å². The van der Waals surface area contributed by atoms with Crippen molar-refractivity contribution in [1.29, 1.82) is 0 Å². The second kappa shape index (κ2) is 7.26. The van der Waals surface area contributed by atoms with Crippen LogP contribution in [-0.2, 0) is 0 Å². The van der Waals surface area contributed by atoms with E-state index in [2.05, 4.69) is 16.4 Å². The van der Waals surface area contributed by atoms with E-state index in [1.807, 2.05) is 30.3 Å². The maximum Gasteiger partial charge on any atom is 0.157 e. The van der Waals surface area contributed by atoms with Gasteiger partial charge in [-0.05, 0) is 37.1 Å². The van der Waals surface area contributed by atoms with Crippen molar-refractivity contribution in [3.8, 4) is 0 Å². The lowest BCUT2D eigenvalue weighted by molar-refractivity contribution is 0.431. The molecule has 1 aliphatic rings. The fraction of sp³-hybridized carbons (Fsp3) is 0.273. The Morgan fingerprint density at radius 3 is 2.61 bits per heavy atom. The number of nitrogens with zero attached hydrogens (tertiary/aromatic N) is 2. The van der Waals surface area contributed by atoms with Crippen LogP contribution in [0, 0.1) is 0 Å². The molecule has 28 heavy (non-hydrogen) atoms. The first-order chi connectivity index (χ1) is 13.7. The second-order valence-electron chi connectivity index (χ2n) is 7.41. The van der Waals surface area contributed by atoms with E-state index >= 15 is 0 Å². The van der Waals surface area contributed by atoms with Crippen LogP contribution in [0.4, 0.5) is 11.5 Å². The molecule has 0 atom stereocenters. The van der Waals surface area contributed by atoms with Gasteiger partial charge in [-0.15, -0.1) is 0 Å². The van der Waals surface area contributed by atoms with Crippen LogP contribution in [0.25, 0.3) is 21.9 Å². The van der Waals surface area contributed by atoms with Crippen LogP contribution in [0.2, 0.25) is 10.0 Å². The predicted octanol–water partition coefficient (Wildman–Crippen LogP) is 7.21. The Labute approximate surface area is 173 Å². The molecular formula is C22H20Cl2N4. The predicted molar refractivity (Wildman–Crippen MR) is 117 cm³/mol. The average molecular weight is 411 g/mol. The molecule has 2 aromatic carbocycles. The molecule has 0 bridgehead atoms. The zero-order valence-corrected chi connectivity index (χ0v) is 16.8. The topological polar surface area (TPSA) is 53.6 Å². The molecule has 1 saturated carbocycles. The van der Waals surface area contributed by atoms with Gasteiger partial charge in [0, 0.05) is 16.3 Å². The molecule has 0 radical (unpaired) electrons. The highest BCUT2D eigenvalue weighted by Crippen LogP contribution is 2.36. The van der Waals surface area contributed by atoms with Crippen LogP contribution >= 0.6 is 23.2 Å². The van der Waals surface area contributed by atoms with Crippen LogP contribution < -0.4 is 5.32 Å². The highest BCUT2D eigenvalue weighted by molar-refractivity contribution is 6.36. The van der Waals surface area contributed by atoms with E-state index in [0.29, 0.717) is 16.0 Å². The summed E-state index contributed by atoms with van der Waals surface area (Å²) in [5.74, 6) is 2.29. The summed E-state index contributed by atoms with van der Waals surface area (Å²) in [6, 6.07) is 13.5. The fourth-order valence-corrected chi connectivity index (χ4v) is 4.54. The molecule has 6 heteroatoms. The van der Waals surface area contributed by atoms with Gasteiger partial charge in [0.05, 0.1) is 16.2 Å². The molecule has 2 aromatic heterocycles. The van der Waals surface area contributed by atoms with E-state index in [9.17, 15) is 0 Å². The third-order valence-electron chi connectivity index (χ3n) is 5.53. The van der Waals surface area contributed by atoms with Gasteiger partial charge in [0.2, 0.25) is 0 Å². The van der Waals surface area contributed by atoms with E-state index in [1.54, 1.807) is 6.07 Å². The first kappa shape index (κ1) is 17.8. The SMILES string of the molecule is Clc1ccc(Nc2nc3ccccc3c3nc(C4CCCCC4)[nH]c23)c(Cl)c1. The average Bonchev–Trinajstić information content (AvgIpc) is 3.17. The van der Waals surface area contributed by atoms with Crippen molar-refractivity contribution in [2.24, 2.45) is 0 Å². The van der Waals surface area contributed by atoms with E-state index in [0.717, 1.165) is 39.3 Å². The van der Waals surface area contributed by atoms with Crippen LogP contribution in [0.5, 0.6) is 0 Å². The van der Waals surface area contributed by atoms with Gasteiger partial charge in [0.1, 0.15) is 16.9 Å². The summed E-state index contributed by atoms with van der Waals surface area (Å²) in [6.07, 6.45) is 6.25. The van der Waals surface area contributed by atoms with Gasteiger partial charge < -0.3 is 10.3 Å². The number of imidazole rings is 1. The minimum absolute atomic E-state index is 0.492. The standard InChI is InChI=1S/C22H20Cl2N4/c23-14-10-11-18(16(24)12-14)26-22-20-19(15-8-4-5-9-17(15)25-22)27-21(28-20)13-6-2-1-3-7-13/h4-5,8-13H,1-3,6-7H2,(H,25,26)(H,27,28). The Morgan fingerprint density at radius 2 is 1.79 bits per heavy atom. The van der Waals surface area contributed by atoms with Crippen LogP contribution in [0.15, 0.2) is 42.5 Å². The minimum Gasteiger partial charge on any atom is -0.339 e. The Balaban J connectivity index is 1.66. The number of aromatic nitrogens is 3. The molecule has 0 saturated heterocycles. The van der Waals surface area contributed by atoms with Crippen molar-refractivity contribution in [1.82, 2.24) is 15.0 Å². The molecule has 0 unspecified atom stereocenters. The first-order valence-corrected chi connectivity index (χ1v) is 10.4. The number of fused-ring (bicyclic) bond motifs is 3. The maximum atomic E-state index is 6.38. The molecule has 5 rings (SSSR count). The number of rotatable bonds is 3. The van der Waals surface area contributed by atoms with Crippen molar-refractivity contribution in [2.75, 3.05) is 5.32 Å². The zero-order valence-electron chi connectivity index (χ0n) is 15.3. The highest BCUT2D eigenvalue weighted by Gasteiger charge is 2.21. The number of halogens is 2. The van der Waals surface area contributed by atoms with Gasteiger partial charge in [-0.1, -0.05) is 60.7 Å². The van der Waals surface area contributed by atoms with E-state index in [4.69, 9.17) is 33.2 Å². The number of benzene rings is 2. The number of para-hydroxylation sites is 1. The molecule has 4 aromatic rings. The smallest absolute Gasteiger partial charge is 0.157 e. The summed E-state index contributed by atoms with van der Waals surface area (Å²) in [5.41, 5.74) is 3.55. The van der Waals surface area contributed by atoms with Gasteiger partial charge in [0.15, 0.2) is 5.82 Å². The minimum atomic E-state index is 0.492. The van der Waals surface area contributed by atoms with E-state index in [1.165, 1.54) is 32.1 Å². The van der Waals surface area contributed by atoms with Crippen molar-refractivity contribution in [2.45, 2.75) is 38.0 Å². The summed E-state index contributed by atoms with van der Waals surface area (Å²) in [6.45, 7) is 0. The lowest BCUT2D eigenvalue weighted by Crippen LogP contribution is -2.06. The Bertz CT molecular complexity index is 1160. The summed E-state index contributed by atoms with van der Waals surface area (Å²) in [4.78, 5) is 13.4. The van der Waals surface area contributed by atoms with Crippen molar-refractivity contribution in [3.05, 3.63) is 58.3 Å². The Kier molecular flexibility index (Phi) is 4.61. The summed E-state index contributed by atoms with van der Waals surface area (Å²) in [7, 11) is 0. The first-order valence-electron chi connectivity index (χ1n) is 9.69. The third kappa shape index (κ3) is 3.21. The molecule has 0 spiro atoms. The molecular weight excluding hydrogens is 391 g/mol. The summed E-state index contributed by atoms with van der Waals surface area (Å²) < 4.78 is 0. The summed E-state index contributed by atoms with van der Waals surface area (Å²) in [5, 5.41) is 5.60. The number of H-pyrrole nitrogens is 1. The fourth-order valence-electron chi connectivity index (χ4n) is 4.08. The highest BCUT2D eigenvalue weighted by atomic mass is 35.5. The van der Waals surface area contributed by atoms with Crippen molar-refractivity contribution < 1.29 is 0 Å². The van der Waals surface area contributed by atoms with Gasteiger partial charge in [0.25, 0.3) is 0 Å².